The van der Waals surface area contributed by atoms with Crippen LogP contribution in [0.5, 0.6) is 0 Å². The number of nitrogens with one attached hydrogen (secondary N) is 1. The molecule has 18 heavy (non-hydrogen) atoms. The van der Waals surface area contributed by atoms with Crippen molar-refractivity contribution < 1.29 is 4.39 Å². The minimum absolute atomic E-state index is 0.0552. The molecular weight excluding hydrogens is 229 g/mol. The molecule has 2 unspecified atom stereocenters. The van der Waals surface area contributed by atoms with Gasteiger partial charge < -0.3 is 10.2 Å². The first-order valence-corrected chi connectivity index (χ1v) is 6.08. The summed E-state index contributed by atoms with van der Waals surface area (Å²) in [5.41, 5.74) is 1.48. The van der Waals surface area contributed by atoms with Gasteiger partial charge in [0.2, 0.25) is 0 Å². The van der Waals surface area contributed by atoms with Crippen molar-refractivity contribution in [2.45, 2.75) is 32.4 Å². The molecule has 0 fully saturated rings. The number of halogens is 1. The van der Waals surface area contributed by atoms with Gasteiger partial charge in [-0.3, -0.25) is 0 Å². The first kappa shape index (κ1) is 14.5. The van der Waals surface area contributed by atoms with Crippen LogP contribution in [0.2, 0.25) is 0 Å². The number of rotatable bonds is 5. The van der Waals surface area contributed by atoms with Crippen molar-refractivity contribution in [3.05, 3.63) is 29.6 Å². The van der Waals surface area contributed by atoms with Gasteiger partial charge in [0.05, 0.1) is 12.5 Å². The van der Waals surface area contributed by atoms with Gasteiger partial charge in [0, 0.05) is 30.4 Å². The largest absolute Gasteiger partial charge is 0.370 e. The average molecular weight is 249 g/mol. The molecule has 0 aromatic heterocycles. The molecule has 0 aliphatic rings. The molecule has 0 amide bonds. The van der Waals surface area contributed by atoms with E-state index < -0.39 is 0 Å². The molecule has 0 aliphatic carbocycles. The lowest BCUT2D eigenvalue weighted by Gasteiger charge is -2.29. The van der Waals surface area contributed by atoms with Gasteiger partial charge in [-0.05, 0) is 33.0 Å². The fourth-order valence-electron chi connectivity index (χ4n) is 1.91. The highest BCUT2D eigenvalue weighted by Gasteiger charge is 2.19. The Morgan fingerprint density at radius 2 is 2.11 bits per heavy atom. The minimum Gasteiger partial charge on any atom is -0.370 e. The molecule has 0 heterocycles. The number of nitrogens with zero attached hydrogens (tertiary/aromatic N) is 2. The molecule has 0 saturated heterocycles. The first-order valence-electron chi connectivity index (χ1n) is 6.08. The van der Waals surface area contributed by atoms with E-state index in [0.717, 1.165) is 5.69 Å². The van der Waals surface area contributed by atoms with E-state index in [2.05, 4.69) is 11.4 Å². The lowest BCUT2D eigenvalue weighted by molar-refractivity contribution is 0.557. The van der Waals surface area contributed by atoms with Crippen LogP contribution in [0.3, 0.4) is 0 Å². The predicted molar refractivity (Wildman–Crippen MR) is 72.0 cm³/mol. The molecule has 2 atom stereocenters. The van der Waals surface area contributed by atoms with Gasteiger partial charge in [-0.25, -0.2) is 4.39 Å². The Balaban J connectivity index is 3.16. The minimum atomic E-state index is -0.217. The van der Waals surface area contributed by atoms with E-state index in [-0.39, 0.29) is 17.9 Å². The van der Waals surface area contributed by atoms with E-state index in [1.165, 1.54) is 6.07 Å². The molecule has 1 aromatic carbocycles. The quantitative estimate of drug-likeness (QED) is 0.872. The maximum absolute atomic E-state index is 14.0. The Morgan fingerprint density at radius 1 is 1.44 bits per heavy atom. The lowest BCUT2D eigenvalue weighted by Crippen LogP contribution is -2.30. The van der Waals surface area contributed by atoms with Crippen LogP contribution in [0.25, 0.3) is 0 Å². The molecule has 4 heteroatoms. The second-order valence-corrected chi connectivity index (χ2v) is 4.51. The second kappa shape index (κ2) is 6.36. The van der Waals surface area contributed by atoms with Crippen LogP contribution in [0, 0.1) is 17.1 Å². The third-order valence-corrected chi connectivity index (χ3v) is 3.32. The Kier molecular flexibility index (Phi) is 5.11. The molecule has 0 aliphatic heterocycles. The molecule has 0 bridgehead atoms. The summed E-state index contributed by atoms with van der Waals surface area (Å²) in [5, 5.41) is 11.8. The zero-order chi connectivity index (χ0) is 13.7. The van der Waals surface area contributed by atoms with Gasteiger partial charge in [-0.1, -0.05) is 6.07 Å². The monoisotopic (exact) mass is 249 g/mol. The van der Waals surface area contributed by atoms with Crippen molar-refractivity contribution in [2.75, 3.05) is 19.0 Å². The summed E-state index contributed by atoms with van der Waals surface area (Å²) in [7, 11) is 3.70. The highest BCUT2D eigenvalue weighted by Crippen LogP contribution is 2.29. The standard InChI is InChI=1S/C14H20FN3/c1-10(8-9-16)18(4)13-7-5-6-12(15)14(13)11(2)17-3/h5-7,10-11,17H,8H2,1-4H3. The topological polar surface area (TPSA) is 39.1 Å². The SMILES string of the molecule is CNC(C)c1c(F)cccc1N(C)C(C)CC#N. The number of anilines is 1. The van der Waals surface area contributed by atoms with Gasteiger partial charge in [-0.2, -0.15) is 5.26 Å². The Morgan fingerprint density at radius 3 is 2.67 bits per heavy atom. The van der Waals surface area contributed by atoms with Gasteiger partial charge in [0.1, 0.15) is 5.82 Å². The fraction of sp³-hybridized carbons (Fsp3) is 0.500. The van der Waals surface area contributed by atoms with Crippen LogP contribution in [0.15, 0.2) is 18.2 Å². The predicted octanol–water partition coefficient (Wildman–Crippen LogP) is 2.84. The Hall–Kier alpha value is -1.60. The van der Waals surface area contributed by atoms with Crippen molar-refractivity contribution in [3.8, 4) is 6.07 Å². The van der Waals surface area contributed by atoms with Crippen LogP contribution in [0.1, 0.15) is 31.9 Å². The number of hydrogen-bond donors (Lipinski definition) is 1. The normalized spacial score (nSPS) is 13.8. The van der Waals surface area contributed by atoms with Crippen molar-refractivity contribution in [3.63, 3.8) is 0 Å². The molecular formula is C14H20FN3. The van der Waals surface area contributed by atoms with Crippen molar-refractivity contribution in [2.24, 2.45) is 0 Å². The van der Waals surface area contributed by atoms with Gasteiger partial charge in [0.15, 0.2) is 0 Å². The summed E-state index contributed by atoms with van der Waals surface area (Å²) in [6.45, 7) is 3.88. The number of nitriles is 1. The van der Waals surface area contributed by atoms with E-state index in [1.54, 1.807) is 13.1 Å². The summed E-state index contributed by atoms with van der Waals surface area (Å²) in [6.07, 6.45) is 0.417. The summed E-state index contributed by atoms with van der Waals surface area (Å²) in [5.74, 6) is -0.217. The third kappa shape index (κ3) is 2.99. The second-order valence-electron chi connectivity index (χ2n) is 4.51. The third-order valence-electron chi connectivity index (χ3n) is 3.32. The maximum Gasteiger partial charge on any atom is 0.130 e. The van der Waals surface area contributed by atoms with Crippen LogP contribution in [0.4, 0.5) is 10.1 Å². The van der Waals surface area contributed by atoms with E-state index in [9.17, 15) is 4.39 Å². The molecule has 1 aromatic rings. The molecule has 1 N–H and O–H groups in total. The Bertz CT molecular complexity index is 439. The van der Waals surface area contributed by atoms with Gasteiger partial charge >= 0.3 is 0 Å². The van der Waals surface area contributed by atoms with Gasteiger partial charge in [0.25, 0.3) is 0 Å². The van der Waals surface area contributed by atoms with Crippen LogP contribution in [-0.4, -0.2) is 20.1 Å². The summed E-state index contributed by atoms with van der Waals surface area (Å²) in [6, 6.07) is 7.19. The van der Waals surface area contributed by atoms with E-state index in [1.807, 2.05) is 31.9 Å². The lowest BCUT2D eigenvalue weighted by atomic mass is 10.0. The summed E-state index contributed by atoms with van der Waals surface area (Å²) < 4.78 is 14.0. The number of benzene rings is 1. The molecule has 1 rings (SSSR count). The molecule has 0 saturated carbocycles. The van der Waals surface area contributed by atoms with Crippen LogP contribution < -0.4 is 10.2 Å². The fourth-order valence-corrected chi connectivity index (χ4v) is 1.91. The molecule has 0 radical (unpaired) electrons. The molecule has 0 spiro atoms. The van der Waals surface area contributed by atoms with E-state index >= 15 is 0 Å². The van der Waals surface area contributed by atoms with E-state index in [4.69, 9.17) is 5.26 Å². The number of hydrogen-bond acceptors (Lipinski definition) is 3. The summed E-state index contributed by atoms with van der Waals surface area (Å²) >= 11 is 0. The highest BCUT2D eigenvalue weighted by atomic mass is 19.1. The zero-order valence-corrected chi connectivity index (χ0v) is 11.4. The van der Waals surface area contributed by atoms with E-state index in [0.29, 0.717) is 12.0 Å². The highest BCUT2D eigenvalue weighted by molar-refractivity contribution is 5.55. The molecule has 3 nitrogen and oxygen atoms in total. The molecule has 98 valence electrons. The maximum atomic E-state index is 14.0. The van der Waals surface area contributed by atoms with Crippen LogP contribution in [-0.2, 0) is 0 Å². The smallest absolute Gasteiger partial charge is 0.130 e. The first-order chi connectivity index (χ1) is 8.52. The Labute approximate surface area is 108 Å². The van der Waals surface area contributed by atoms with Crippen LogP contribution >= 0.6 is 0 Å². The van der Waals surface area contributed by atoms with Crippen molar-refractivity contribution >= 4 is 5.69 Å². The van der Waals surface area contributed by atoms with Gasteiger partial charge in [-0.15, -0.1) is 0 Å². The zero-order valence-electron chi connectivity index (χ0n) is 11.4. The van der Waals surface area contributed by atoms with Crippen molar-refractivity contribution in [1.29, 1.82) is 5.26 Å². The average Bonchev–Trinajstić information content (AvgIpc) is 2.37. The summed E-state index contributed by atoms with van der Waals surface area (Å²) in [4.78, 5) is 1.95. The van der Waals surface area contributed by atoms with Crippen molar-refractivity contribution in [1.82, 2.24) is 5.32 Å².